The number of nitriles is 1. The maximum absolute atomic E-state index is 13.1. The summed E-state index contributed by atoms with van der Waals surface area (Å²) in [7, 11) is 0. The molecule has 4 fully saturated rings. The third-order valence-electron chi connectivity index (χ3n) is 7.27. The SMILES string of the molecule is N#C[C@@H]1C[C@@H]2CC2N1C(=O)[C@@H](N)CN1C[C@H]2C[C@@H]1C(=O)N2c1ccc(-c2nn[nH]n2)cc1. The highest BCUT2D eigenvalue weighted by molar-refractivity contribution is 6.01. The maximum atomic E-state index is 13.1. The zero-order valence-corrected chi connectivity index (χ0v) is 17.3. The van der Waals surface area contributed by atoms with E-state index in [4.69, 9.17) is 5.73 Å². The lowest BCUT2D eigenvalue weighted by Gasteiger charge is -2.35. The van der Waals surface area contributed by atoms with Gasteiger partial charge in [0, 0.05) is 30.4 Å². The molecular weight excluding hydrogens is 410 g/mol. The highest BCUT2D eigenvalue weighted by atomic mass is 16.2. The molecule has 1 unspecified atom stereocenters. The van der Waals surface area contributed by atoms with Gasteiger partial charge >= 0.3 is 0 Å². The van der Waals surface area contributed by atoms with Gasteiger partial charge in [-0.25, -0.2) is 0 Å². The van der Waals surface area contributed by atoms with Gasteiger partial charge in [-0.1, -0.05) is 0 Å². The fraction of sp³-hybridized carbons (Fsp3) is 0.524. The Labute approximate surface area is 184 Å². The van der Waals surface area contributed by atoms with Crippen molar-refractivity contribution in [1.82, 2.24) is 30.4 Å². The Hall–Kier alpha value is -3.36. The molecule has 3 aliphatic heterocycles. The molecule has 2 bridgehead atoms. The van der Waals surface area contributed by atoms with Crippen LogP contribution in [0.25, 0.3) is 11.4 Å². The average molecular weight is 433 g/mol. The summed E-state index contributed by atoms with van der Waals surface area (Å²) in [5.74, 6) is 0.835. The van der Waals surface area contributed by atoms with Crippen molar-refractivity contribution in [2.45, 2.75) is 49.5 Å². The van der Waals surface area contributed by atoms with Gasteiger partial charge in [0.15, 0.2) is 0 Å². The predicted molar refractivity (Wildman–Crippen MR) is 112 cm³/mol. The fourth-order valence-electron chi connectivity index (χ4n) is 5.67. The molecule has 4 heterocycles. The number of tetrazole rings is 1. The third-order valence-corrected chi connectivity index (χ3v) is 7.27. The summed E-state index contributed by atoms with van der Waals surface area (Å²) in [5, 5.41) is 23.3. The van der Waals surface area contributed by atoms with Gasteiger partial charge in [0.05, 0.1) is 24.2 Å². The number of carbonyl (C=O) groups is 2. The van der Waals surface area contributed by atoms with E-state index < -0.39 is 6.04 Å². The van der Waals surface area contributed by atoms with Crippen LogP contribution in [0.4, 0.5) is 5.69 Å². The molecular formula is C21H23N9O2. The second kappa shape index (κ2) is 7.08. The molecule has 1 saturated carbocycles. The molecule has 6 atom stereocenters. The standard InChI is InChI=1S/C21H23N9O2/c22-8-14-5-12-6-17(12)30(14)20(31)16(23)10-28-9-15-7-18(28)21(32)29(15)13-3-1-11(2-4-13)19-24-26-27-25-19/h1-4,12,14-18H,5-7,9-10,23H2,(H,24,25,26,27)/t12-,14+,15-,16+,17?,18-/m1/s1. The molecule has 32 heavy (non-hydrogen) atoms. The van der Waals surface area contributed by atoms with Gasteiger partial charge in [-0.3, -0.25) is 14.5 Å². The number of piperidine rings is 1. The first-order valence-corrected chi connectivity index (χ1v) is 10.9. The summed E-state index contributed by atoms with van der Waals surface area (Å²) < 4.78 is 0. The Morgan fingerprint density at radius 1 is 1.28 bits per heavy atom. The number of H-pyrrole nitrogens is 1. The van der Waals surface area contributed by atoms with Gasteiger partial charge in [0.25, 0.3) is 0 Å². The topological polar surface area (TPSA) is 148 Å². The van der Waals surface area contributed by atoms with Crippen LogP contribution >= 0.6 is 0 Å². The normalized spacial score (nSPS) is 31.6. The molecule has 2 amide bonds. The smallest absolute Gasteiger partial charge is 0.244 e. The van der Waals surface area contributed by atoms with E-state index in [1.165, 1.54) is 0 Å². The van der Waals surface area contributed by atoms with Crippen molar-refractivity contribution in [2.75, 3.05) is 18.0 Å². The number of aromatic amines is 1. The number of rotatable bonds is 5. The molecule has 1 aliphatic carbocycles. The first kappa shape index (κ1) is 19.3. The molecule has 2 aromatic rings. The molecule has 1 aromatic heterocycles. The number of benzene rings is 1. The number of nitrogens with two attached hydrogens (primary N) is 1. The Bertz CT molecular complexity index is 1100. The number of hydrogen-bond acceptors (Lipinski definition) is 8. The van der Waals surface area contributed by atoms with Crippen LogP contribution in [-0.4, -0.2) is 85.5 Å². The highest BCUT2D eigenvalue weighted by Gasteiger charge is 2.55. The van der Waals surface area contributed by atoms with Gasteiger partial charge in [-0.15, -0.1) is 10.2 Å². The summed E-state index contributed by atoms with van der Waals surface area (Å²) in [6.45, 7) is 1.01. The monoisotopic (exact) mass is 433 g/mol. The van der Waals surface area contributed by atoms with Crippen molar-refractivity contribution in [1.29, 1.82) is 5.26 Å². The van der Waals surface area contributed by atoms with Crippen molar-refractivity contribution in [3.8, 4) is 17.5 Å². The van der Waals surface area contributed by atoms with Gasteiger partial charge in [0.1, 0.15) is 6.04 Å². The van der Waals surface area contributed by atoms with E-state index in [1.807, 2.05) is 34.1 Å². The number of carbonyl (C=O) groups excluding carboxylic acids is 2. The van der Waals surface area contributed by atoms with E-state index in [0.717, 1.165) is 30.5 Å². The van der Waals surface area contributed by atoms with E-state index in [0.29, 0.717) is 24.8 Å². The minimum Gasteiger partial charge on any atom is -0.322 e. The van der Waals surface area contributed by atoms with Crippen LogP contribution in [-0.2, 0) is 9.59 Å². The molecule has 1 aromatic carbocycles. The molecule has 0 radical (unpaired) electrons. The highest BCUT2D eigenvalue weighted by Crippen LogP contribution is 2.47. The van der Waals surface area contributed by atoms with E-state index >= 15 is 0 Å². The summed E-state index contributed by atoms with van der Waals surface area (Å²) in [4.78, 5) is 31.6. The zero-order chi connectivity index (χ0) is 22.0. The van der Waals surface area contributed by atoms with Gasteiger partial charge in [0.2, 0.25) is 17.6 Å². The molecule has 4 aliphatic rings. The Balaban J connectivity index is 1.11. The van der Waals surface area contributed by atoms with Crippen LogP contribution in [0.15, 0.2) is 24.3 Å². The minimum atomic E-state index is -0.722. The number of amides is 2. The second-order valence-electron chi connectivity index (χ2n) is 9.15. The number of hydrogen-bond donors (Lipinski definition) is 2. The van der Waals surface area contributed by atoms with Crippen LogP contribution in [0.1, 0.15) is 19.3 Å². The number of anilines is 1. The van der Waals surface area contributed by atoms with Crippen molar-refractivity contribution >= 4 is 17.5 Å². The molecule has 11 heteroatoms. The molecule has 0 spiro atoms. The van der Waals surface area contributed by atoms with Crippen molar-refractivity contribution < 1.29 is 9.59 Å². The van der Waals surface area contributed by atoms with Crippen LogP contribution < -0.4 is 10.6 Å². The molecule has 11 nitrogen and oxygen atoms in total. The van der Waals surface area contributed by atoms with E-state index in [-0.39, 0.29) is 36.0 Å². The number of piperazine rings is 1. The lowest BCUT2D eigenvalue weighted by atomic mass is 10.1. The summed E-state index contributed by atoms with van der Waals surface area (Å²) >= 11 is 0. The number of likely N-dealkylation sites (tertiary alicyclic amines) is 2. The van der Waals surface area contributed by atoms with Crippen molar-refractivity contribution in [3.05, 3.63) is 24.3 Å². The van der Waals surface area contributed by atoms with E-state index in [1.54, 1.807) is 4.90 Å². The summed E-state index contributed by atoms with van der Waals surface area (Å²) in [5.41, 5.74) is 7.93. The van der Waals surface area contributed by atoms with Crippen LogP contribution in [0, 0.1) is 17.2 Å². The second-order valence-corrected chi connectivity index (χ2v) is 9.15. The summed E-state index contributed by atoms with van der Waals surface area (Å²) in [6.07, 6.45) is 2.46. The minimum absolute atomic E-state index is 0.0338. The summed E-state index contributed by atoms with van der Waals surface area (Å²) in [6, 6.07) is 8.65. The van der Waals surface area contributed by atoms with E-state index in [2.05, 4.69) is 26.7 Å². The quantitative estimate of drug-likeness (QED) is 0.641. The van der Waals surface area contributed by atoms with E-state index in [9.17, 15) is 14.9 Å². The average Bonchev–Trinajstić information content (AvgIpc) is 3.25. The number of nitrogens with one attached hydrogen (secondary N) is 1. The molecule has 6 rings (SSSR count). The molecule has 3 saturated heterocycles. The maximum Gasteiger partial charge on any atom is 0.244 e. The Morgan fingerprint density at radius 3 is 2.78 bits per heavy atom. The zero-order valence-electron chi connectivity index (χ0n) is 17.3. The van der Waals surface area contributed by atoms with Crippen LogP contribution in [0.3, 0.4) is 0 Å². The first-order valence-electron chi connectivity index (χ1n) is 10.9. The lowest BCUT2D eigenvalue weighted by molar-refractivity contribution is -0.135. The number of fused-ring (bicyclic) bond motifs is 3. The Morgan fingerprint density at radius 2 is 2.09 bits per heavy atom. The van der Waals surface area contributed by atoms with Crippen LogP contribution in [0.5, 0.6) is 0 Å². The van der Waals surface area contributed by atoms with Gasteiger partial charge in [-0.05, 0) is 54.7 Å². The fourth-order valence-corrected chi connectivity index (χ4v) is 5.67. The van der Waals surface area contributed by atoms with Crippen molar-refractivity contribution in [3.63, 3.8) is 0 Å². The number of aromatic nitrogens is 4. The largest absolute Gasteiger partial charge is 0.322 e. The van der Waals surface area contributed by atoms with Gasteiger partial charge < -0.3 is 15.5 Å². The lowest BCUT2D eigenvalue weighted by Crippen LogP contribution is -2.57. The van der Waals surface area contributed by atoms with Crippen LogP contribution in [0.2, 0.25) is 0 Å². The predicted octanol–water partition coefficient (Wildman–Crippen LogP) is -0.504. The number of nitrogens with zero attached hydrogens (tertiary/aromatic N) is 7. The Kier molecular flexibility index (Phi) is 4.28. The van der Waals surface area contributed by atoms with Crippen molar-refractivity contribution in [2.24, 2.45) is 11.7 Å². The molecule has 3 N–H and O–H groups in total. The first-order chi connectivity index (χ1) is 15.5. The third kappa shape index (κ3) is 2.91. The van der Waals surface area contributed by atoms with Gasteiger partial charge in [-0.2, -0.15) is 10.5 Å². The molecule has 164 valence electrons.